The number of nitrogens with zero attached hydrogens (tertiary/aromatic N) is 2. The van der Waals surface area contributed by atoms with Crippen molar-refractivity contribution in [1.29, 1.82) is 0 Å². The van der Waals surface area contributed by atoms with Gasteiger partial charge in [0, 0.05) is 36.8 Å². The van der Waals surface area contributed by atoms with E-state index in [4.69, 9.17) is 14.5 Å². The fourth-order valence-corrected chi connectivity index (χ4v) is 4.31. The Morgan fingerprint density at radius 1 is 1.10 bits per heavy atom. The fourth-order valence-electron chi connectivity index (χ4n) is 4.31. The van der Waals surface area contributed by atoms with E-state index in [2.05, 4.69) is 23.3 Å². The van der Waals surface area contributed by atoms with Gasteiger partial charge in [-0.25, -0.2) is 0 Å². The van der Waals surface area contributed by atoms with Crippen molar-refractivity contribution < 1.29 is 14.6 Å². The maximum atomic E-state index is 10.8. The van der Waals surface area contributed by atoms with Gasteiger partial charge in [-0.2, -0.15) is 0 Å². The minimum Gasteiger partial charge on any atom is -0.504 e. The standard InChI is InChI=1S/C23H29N3O3/c1-26-12-10-23(11-13-26)24-19(16-6-4-7-17(14-16)28-2)15-20(25-23)18-8-5-9-21(29-3)22(18)27/h4-9,14,20,25,27H,10-13,15H2,1-3H3/t20-/m0/s1. The molecule has 0 radical (unpaired) electrons. The molecule has 1 atom stereocenters. The predicted octanol–water partition coefficient (Wildman–Crippen LogP) is 3.36. The number of likely N-dealkylation sites (tertiary alicyclic amines) is 1. The number of ether oxygens (including phenoxy) is 2. The number of phenolic OH excluding ortho intramolecular Hbond substituents is 1. The minimum absolute atomic E-state index is 0.0489. The predicted molar refractivity (Wildman–Crippen MR) is 114 cm³/mol. The Labute approximate surface area is 172 Å². The lowest BCUT2D eigenvalue weighted by Crippen LogP contribution is -2.55. The van der Waals surface area contributed by atoms with Gasteiger partial charge in [-0.3, -0.25) is 10.3 Å². The zero-order chi connectivity index (χ0) is 20.4. The van der Waals surface area contributed by atoms with Gasteiger partial charge in [0.2, 0.25) is 0 Å². The number of aliphatic imine (C=N–C) groups is 1. The van der Waals surface area contributed by atoms with Crippen LogP contribution in [0.4, 0.5) is 0 Å². The third kappa shape index (κ3) is 3.95. The number of piperidine rings is 1. The van der Waals surface area contributed by atoms with Crippen LogP contribution in [-0.2, 0) is 0 Å². The van der Waals surface area contributed by atoms with Crippen molar-refractivity contribution in [2.75, 3.05) is 34.4 Å². The lowest BCUT2D eigenvalue weighted by molar-refractivity contribution is 0.144. The molecule has 0 unspecified atom stereocenters. The molecule has 6 heteroatoms. The molecular formula is C23H29N3O3. The Hall–Kier alpha value is -2.57. The maximum Gasteiger partial charge on any atom is 0.162 e. The summed E-state index contributed by atoms with van der Waals surface area (Å²) in [6.07, 6.45) is 2.54. The summed E-state index contributed by atoms with van der Waals surface area (Å²) < 4.78 is 10.8. The number of hydrogen-bond donors (Lipinski definition) is 2. The highest BCUT2D eigenvalue weighted by atomic mass is 16.5. The average molecular weight is 396 g/mol. The molecule has 2 heterocycles. The molecule has 6 nitrogen and oxygen atoms in total. The SMILES string of the molecule is COc1cccc(C2=NC3(CCN(C)CC3)N[C@H](c3cccc(OC)c3O)C2)c1. The van der Waals surface area contributed by atoms with Gasteiger partial charge in [0.25, 0.3) is 0 Å². The van der Waals surface area contributed by atoms with Crippen LogP contribution in [0.5, 0.6) is 17.2 Å². The second-order valence-corrected chi connectivity index (χ2v) is 7.92. The molecular weight excluding hydrogens is 366 g/mol. The Kier molecular flexibility index (Phi) is 5.48. The van der Waals surface area contributed by atoms with Crippen LogP contribution in [0.1, 0.15) is 36.4 Å². The number of phenols is 1. The lowest BCUT2D eigenvalue weighted by atomic mass is 9.87. The third-order valence-electron chi connectivity index (χ3n) is 6.03. The number of hydrogen-bond acceptors (Lipinski definition) is 6. The number of benzene rings is 2. The lowest BCUT2D eigenvalue weighted by Gasteiger charge is -2.44. The second kappa shape index (κ2) is 8.05. The van der Waals surface area contributed by atoms with E-state index in [1.54, 1.807) is 20.3 Å². The smallest absolute Gasteiger partial charge is 0.162 e. The van der Waals surface area contributed by atoms with Crippen LogP contribution in [0, 0.1) is 0 Å². The number of nitrogens with one attached hydrogen (secondary N) is 1. The first-order valence-corrected chi connectivity index (χ1v) is 10.1. The molecule has 29 heavy (non-hydrogen) atoms. The van der Waals surface area contributed by atoms with Gasteiger partial charge in [-0.05, 0) is 43.7 Å². The normalized spacial score (nSPS) is 21.6. The van der Waals surface area contributed by atoms with E-state index in [-0.39, 0.29) is 17.5 Å². The van der Waals surface area contributed by atoms with Crippen LogP contribution in [0.25, 0.3) is 0 Å². The van der Waals surface area contributed by atoms with Crippen molar-refractivity contribution in [3.63, 3.8) is 0 Å². The van der Waals surface area contributed by atoms with Crippen LogP contribution in [-0.4, -0.2) is 55.7 Å². The monoisotopic (exact) mass is 395 g/mol. The van der Waals surface area contributed by atoms with Crippen molar-refractivity contribution in [3.8, 4) is 17.2 Å². The molecule has 154 valence electrons. The highest BCUT2D eigenvalue weighted by molar-refractivity contribution is 6.02. The molecule has 2 aliphatic heterocycles. The molecule has 0 saturated carbocycles. The first-order chi connectivity index (χ1) is 14.0. The molecule has 1 fully saturated rings. The molecule has 1 saturated heterocycles. The van der Waals surface area contributed by atoms with Gasteiger partial charge in [0.05, 0.1) is 14.2 Å². The zero-order valence-corrected chi connectivity index (χ0v) is 17.3. The van der Waals surface area contributed by atoms with E-state index < -0.39 is 0 Å². The van der Waals surface area contributed by atoms with Crippen molar-refractivity contribution >= 4 is 5.71 Å². The molecule has 0 amide bonds. The van der Waals surface area contributed by atoms with Crippen molar-refractivity contribution in [2.24, 2.45) is 4.99 Å². The number of para-hydroxylation sites is 1. The molecule has 2 N–H and O–H groups in total. The number of rotatable bonds is 4. The van der Waals surface area contributed by atoms with Gasteiger partial charge in [-0.1, -0.05) is 24.3 Å². The topological polar surface area (TPSA) is 66.3 Å². The molecule has 2 aromatic carbocycles. The van der Waals surface area contributed by atoms with E-state index in [9.17, 15) is 5.11 Å². The second-order valence-electron chi connectivity index (χ2n) is 7.92. The Bertz CT molecular complexity index is 904. The first-order valence-electron chi connectivity index (χ1n) is 10.1. The van der Waals surface area contributed by atoms with E-state index in [0.717, 1.165) is 48.5 Å². The Balaban J connectivity index is 1.75. The first kappa shape index (κ1) is 19.7. The quantitative estimate of drug-likeness (QED) is 0.831. The van der Waals surface area contributed by atoms with E-state index in [0.29, 0.717) is 12.2 Å². The van der Waals surface area contributed by atoms with E-state index >= 15 is 0 Å². The Morgan fingerprint density at radius 3 is 2.59 bits per heavy atom. The van der Waals surface area contributed by atoms with Gasteiger partial charge >= 0.3 is 0 Å². The number of aromatic hydroxyl groups is 1. The maximum absolute atomic E-state index is 10.8. The van der Waals surface area contributed by atoms with Crippen molar-refractivity contribution in [1.82, 2.24) is 10.2 Å². The summed E-state index contributed by atoms with van der Waals surface area (Å²) in [6, 6.07) is 13.7. The third-order valence-corrected chi connectivity index (χ3v) is 6.03. The summed E-state index contributed by atoms with van der Waals surface area (Å²) in [5, 5.41) is 14.5. The zero-order valence-electron chi connectivity index (χ0n) is 17.3. The summed E-state index contributed by atoms with van der Waals surface area (Å²) in [6.45, 7) is 1.97. The van der Waals surface area contributed by atoms with Gasteiger partial charge < -0.3 is 19.5 Å². The fraction of sp³-hybridized carbons (Fsp3) is 0.435. The molecule has 2 aliphatic rings. The molecule has 2 aromatic rings. The van der Waals surface area contributed by atoms with E-state index in [1.807, 2.05) is 30.3 Å². The number of methoxy groups -OCH3 is 2. The van der Waals surface area contributed by atoms with Gasteiger partial charge in [0.1, 0.15) is 11.4 Å². The van der Waals surface area contributed by atoms with Crippen molar-refractivity contribution in [2.45, 2.75) is 31.0 Å². The van der Waals surface area contributed by atoms with Crippen LogP contribution in [0.2, 0.25) is 0 Å². The van der Waals surface area contributed by atoms with E-state index in [1.165, 1.54) is 0 Å². The van der Waals surface area contributed by atoms with Crippen LogP contribution < -0.4 is 14.8 Å². The average Bonchev–Trinajstić information content (AvgIpc) is 2.76. The molecule has 1 spiro atoms. The molecule has 0 bridgehead atoms. The largest absolute Gasteiger partial charge is 0.504 e. The summed E-state index contributed by atoms with van der Waals surface area (Å²) in [5.41, 5.74) is 2.62. The van der Waals surface area contributed by atoms with Crippen LogP contribution in [0.3, 0.4) is 0 Å². The summed E-state index contributed by atoms with van der Waals surface area (Å²) in [7, 11) is 5.40. The molecule has 4 rings (SSSR count). The summed E-state index contributed by atoms with van der Waals surface area (Å²) >= 11 is 0. The summed E-state index contributed by atoms with van der Waals surface area (Å²) in [4.78, 5) is 7.54. The molecule has 0 aromatic heterocycles. The highest BCUT2D eigenvalue weighted by Crippen LogP contribution is 2.40. The minimum atomic E-state index is -0.330. The van der Waals surface area contributed by atoms with Crippen LogP contribution in [0.15, 0.2) is 47.5 Å². The van der Waals surface area contributed by atoms with Crippen LogP contribution >= 0.6 is 0 Å². The Morgan fingerprint density at radius 2 is 1.86 bits per heavy atom. The summed E-state index contributed by atoms with van der Waals surface area (Å²) in [5.74, 6) is 1.51. The highest BCUT2D eigenvalue weighted by Gasteiger charge is 2.40. The molecule has 0 aliphatic carbocycles. The van der Waals surface area contributed by atoms with Gasteiger partial charge in [0.15, 0.2) is 11.5 Å². The van der Waals surface area contributed by atoms with Crippen molar-refractivity contribution in [3.05, 3.63) is 53.6 Å². The van der Waals surface area contributed by atoms with Gasteiger partial charge in [-0.15, -0.1) is 0 Å².